The number of carbonyl (C=O) groups excluding carboxylic acids is 3. The summed E-state index contributed by atoms with van der Waals surface area (Å²) < 4.78 is 31.4. The first-order valence-electron chi connectivity index (χ1n) is 26.0. The van der Waals surface area contributed by atoms with Crippen LogP contribution in [0.4, 0.5) is 0 Å². The van der Waals surface area contributed by atoms with Crippen molar-refractivity contribution in [3.8, 4) is 0 Å². The zero-order valence-corrected chi connectivity index (χ0v) is 46.1. The average Bonchev–Trinajstić information content (AvgIpc) is 3.86. The second-order valence-electron chi connectivity index (χ2n) is 27.9. The van der Waals surface area contributed by atoms with Gasteiger partial charge in [-0.3, -0.25) is 19.2 Å². The van der Waals surface area contributed by atoms with E-state index in [1.54, 1.807) is 6.92 Å². The van der Waals surface area contributed by atoms with Crippen LogP contribution in [-0.4, -0.2) is 83.9 Å². The Bertz CT molecular complexity index is 1770. The summed E-state index contributed by atoms with van der Waals surface area (Å²) in [6.45, 7) is 41.0. The summed E-state index contributed by atoms with van der Waals surface area (Å²) in [5.41, 5.74) is -7.59. The Morgan fingerprint density at radius 2 is 1.30 bits per heavy atom. The molecule has 2 saturated heterocycles. The number of carbonyl (C=O) groups is 4. The predicted molar refractivity (Wildman–Crippen MR) is 263 cm³/mol. The van der Waals surface area contributed by atoms with Gasteiger partial charge in [0.2, 0.25) is 0 Å². The molecule has 12 unspecified atom stereocenters. The second-order valence-corrected chi connectivity index (χ2v) is 27.9. The van der Waals surface area contributed by atoms with Crippen LogP contribution in [0.25, 0.3) is 0 Å². The summed E-state index contributed by atoms with van der Waals surface area (Å²) in [5, 5.41) is 21.6. The largest absolute Gasteiger partial charge is 0.481 e. The van der Waals surface area contributed by atoms with Gasteiger partial charge in [-0.25, -0.2) is 0 Å². The molecule has 0 aromatic carbocycles. The highest BCUT2D eigenvalue weighted by molar-refractivity contribution is 5.80. The van der Waals surface area contributed by atoms with Gasteiger partial charge in [-0.15, -0.1) is 0 Å². The molecule has 2 aliphatic carbocycles. The van der Waals surface area contributed by atoms with Crippen molar-refractivity contribution in [2.45, 2.75) is 252 Å². The number of hydrogen-bond acceptors (Lipinski definition) is 10. The number of carboxylic acids is 1. The van der Waals surface area contributed by atoms with Crippen molar-refractivity contribution < 1.29 is 53.1 Å². The van der Waals surface area contributed by atoms with E-state index < -0.39 is 80.2 Å². The lowest BCUT2D eigenvalue weighted by molar-refractivity contribution is -0.187. The third-order valence-electron chi connectivity index (χ3n) is 19.4. The van der Waals surface area contributed by atoms with E-state index in [9.17, 15) is 15.0 Å². The molecule has 11 heteroatoms. The predicted octanol–water partition coefficient (Wildman–Crippen LogP) is 12.2. The number of carboxylic acid groups (broad SMARTS) is 1. The fourth-order valence-electron chi connectivity index (χ4n) is 13.0. The summed E-state index contributed by atoms with van der Waals surface area (Å²) in [7, 11) is 0. The Hall–Kier alpha value is -2.24. The topological polar surface area (TPSA) is 155 Å². The van der Waals surface area contributed by atoms with E-state index in [-0.39, 0.29) is 66.4 Å². The minimum atomic E-state index is -1.39. The van der Waals surface area contributed by atoms with Gasteiger partial charge < -0.3 is 33.9 Å². The maximum Gasteiger partial charge on any atom is 0.312 e. The van der Waals surface area contributed by atoms with Crippen LogP contribution in [0.3, 0.4) is 0 Å². The molecule has 0 spiro atoms. The van der Waals surface area contributed by atoms with Crippen LogP contribution in [0, 0.1) is 66.0 Å². The number of rotatable bonds is 22. The molecule has 11 nitrogen and oxygen atoms in total. The number of aliphatic carboxylic acids is 1. The van der Waals surface area contributed by atoms with Gasteiger partial charge in [0.25, 0.3) is 0 Å². The normalized spacial score (nSPS) is 30.1. The van der Waals surface area contributed by atoms with Crippen LogP contribution >= 0.6 is 0 Å². The molecule has 4 rings (SSSR count). The molecule has 4 aliphatic rings. The van der Waals surface area contributed by atoms with Gasteiger partial charge in [0.1, 0.15) is 24.4 Å². The highest BCUT2D eigenvalue weighted by Crippen LogP contribution is 2.67. The highest BCUT2D eigenvalue weighted by Gasteiger charge is 2.65. The molecule has 0 aromatic rings. The third kappa shape index (κ3) is 11.3. The number of unbranched alkanes of at least 4 members (excludes halogenated alkanes) is 3. The molecule has 67 heavy (non-hydrogen) atoms. The summed E-state index contributed by atoms with van der Waals surface area (Å²) in [5.74, 6) is -2.45. The van der Waals surface area contributed by atoms with E-state index in [1.807, 2.05) is 83.1 Å². The number of aliphatic hydroxyl groups excluding tert-OH is 1. The molecule has 2 saturated carbocycles. The SMILES string of the molecule is CCCCCCC(C)OC(=O)C(CC(C)(C)C(C)(CC(C)(C)C(C)(CC(C)(C)C)C(=O)O)C(=O)OC1COC2C(O)COC12)C(C)(C)CC(C)(C(=O)OC1CC2CCC1(C)C2(C)C)C(C)(C)C. The number of aliphatic hydroxyl groups is 1. The fraction of sp³-hybridized carbons (Fsp3) is 0.929. The minimum absolute atomic E-state index is 0.0483. The summed E-state index contributed by atoms with van der Waals surface area (Å²) >= 11 is 0. The fourth-order valence-corrected chi connectivity index (χ4v) is 13.0. The van der Waals surface area contributed by atoms with Gasteiger partial charge >= 0.3 is 23.9 Å². The third-order valence-corrected chi connectivity index (χ3v) is 19.4. The molecule has 2 bridgehead atoms. The van der Waals surface area contributed by atoms with Crippen molar-refractivity contribution in [3.05, 3.63) is 0 Å². The summed E-state index contributed by atoms with van der Waals surface area (Å²) in [4.78, 5) is 59.1. The highest BCUT2D eigenvalue weighted by atomic mass is 16.6. The van der Waals surface area contributed by atoms with E-state index in [0.717, 1.165) is 44.9 Å². The van der Waals surface area contributed by atoms with E-state index in [1.165, 1.54) is 0 Å². The van der Waals surface area contributed by atoms with Crippen LogP contribution in [0.5, 0.6) is 0 Å². The zero-order valence-electron chi connectivity index (χ0n) is 46.1. The first-order valence-corrected chi connectivity index (χ1v) is 26.0. The number of esters is 3. The maximum absolute atomic E-state index is 15.4. The van der Waals surface area contributed by atoms with Gasteiger partial charge in [0, 0.05) is 5.41 Å². The molecule has 12 atom stereocenters. The van der Waals surface area contributed by atoms with E-state index in [2.05, 4.69) is 48.5 Å². The van der Waals surface area contributed by atoms with Crippen LogP contribution in [0.2, 0.25) is 0 Å². The smallest absolute Gasteiger partial charge is 0.312 e. The van der Waals surface area contributed by atoms with Crippen molar-refractivity contribution in [1.29, 1.82) is 0 Å². The van der Waals surface area contributed by atoms with Gasteiger partial charge in [-0.05, 0) is 124 Å². The minimum Gasteiger partial charge on any atom is -0.481 e. The summed E-state index contributed by atoms with van der Waals surface area (Å²) in [6.07, 6.45) is 5.36. The van der Waals surface area contributed by atoms with Gasteiger partial charge in [-0.1, -0.05) is 130 Å². The van der Waals surface area contributed by atoms with E-state index in [0.29, 0.717) is 25.2 Å². The van der Waals surface area contributed by atoms with E-state index >= 15 is 14.4 Å². The number of ether oxygens (including phenoxy) is 5. The Morgan fingerprint density at radius 3 is 1.81 bits per heavy atom. The first kappa shape index (κ1) is 57.3. The maximum atomic E-state index is 15.4. The van der Waals surface area contributed by atoms with Crippen molar-refractivity contribution in [2.75, 3.05) is 13.2 Å². The second kappa shape index (κ2) is 19.8. The Labute approximate surface area is 407 Å². The molecule has 2 heterocycles. The average molecular weight is 947 g/mol. The molecule has 2 N–H and O–H groups in total. The quantitative estimate of drug-likeness (QED) is 0.0605. The van der Waals surface area contributed by atoms with Crippen molar-refractivity contribution >= 4 is 23.9 Å². The lowest BCUT2D eigenvalue weighted by Gasteiger charge is -2.53. The Balaban J connectivity index is 1.82. The molecule has 0 aromatic heterocycles. The van der Waals surface area contributed by atoms with Crippen LogP contribution in [0.15, 0.2) is 0 Å². The lowest BCUT2D eigenvalue weighted by atomic mass is 9.50. The number of fused-ring (bicyclic) bond motifs is 3. The Kier molecular flexibility index (Phi) is 16.9. The molecular formula is C56H98O11. The molecular weight excluding hydrogens is 849 g/mol. The zero-order chi connectivity index (χ0) is 51.4. The Morgan fingerprint density at radius 1 is 0.716 bits per heavy atom. The van der Waals surface area contributed by atoms with Crippen LogP contribution in [-0.2, 0) is 42.9 Å². The number of hydrogen-bond donors (Lipinski definition) is 2. The van der Waals surface area contributed by atoms with E-state index in [4.69, 9.17) is 23.7 Å². The van der Waals surface area contributed by atoms with Crippen LogP contribution in [0.1, 0.15) is 216 Å². The monoisotopic (exact) mass is 947 g/mol. The molecule has 4 fully saturated rings. The van der Waals surface area contributed by atoms with Gasteiger partial charge in [-0.2, -0.15) is 0 Å². The first-order chi connectivity index (χ1) is 30.3. The van der Waals surface area contributed by atoms with Crippen LogP contribution < -0.4 is 0 Å². The van der Waals surface area contributed by atoms with Crippen molar-refractivity contribution in [2.24, 2.45) is 66.0 Å². The lowest BCUT2D eigenvalue weighted by Crippen LogP contribution is -2.55. The van der Waals surface area contributed by atoms with Crippen molar-refractivity contribution in [3.63, 3.8) is 0 Å². The standard InChI is InChI=1S/C56H98O11/c1-21-22-23-24-25-35(2)65-43(58)37(49(9,10)33-55(19,48(6,7)8)45(61)67-40-28-36-26-27-53(40,17)52(36,15)16)29-50(11,12)56(20,34-51(13,14)54(18,44(59)60)32-47(3,4)5)46(62)66-39-31-64-41-38(57)30-63-42(39)41/h35-42,57H,21-34H2,1-20H3,(H,59,60). The molecule has 388 valence electrons. The molecule has 2 aliphatic heterocycles. The summed E-state index contributed by atoms with van der Waals surface area (Å²) in [6, 6.07) is 0. The molecule has 0 amide bonds. The molecule has 0 radical (unpaired) electrons. The van der Waals surface area contributed by atoms with Gasteiger partial charge in [0.05, 0.1) is 41.5 Å². The van der Waals surface area contributed by atoms with Gasteiger partial charge in [0.15, 0.2) is 6.10 Å². The van der Waals surface area contributed by atoms with Crippen molar-refractivity contribution in [1.82, 2.24) is 0 Å².